The van der Waals surface area contributed by atoms with Gasteiger partial charge in [0, 0.05) is 43.2 Å². The second-order valence-electron chi connectivity index (χ2n) is 9.67. The van der Waals surface area contributed by atoms with Crippen LogP contribution in [0.1, 0.15) is 28.0 Å². The summed E-state index contributed by atoms with van der Waals surface area (Å²) in [5, 5.41) is 6.13. The van der Waals surface area contributed by atoms with Crippen molar-refractivity contribution in [2.24, 2.45) is 11.8 Å². The fraction of sp³-hybridized carbons (Fsp3) is 0.276. The number of anilines is 2. The summed E-state index contributed by atoms with van der Waals surface area (Å²) in [6.07, 6.45) is 6.36. The van der Waals surface area contributed by atoms with Crippen LogP contribution in [0, 0.1) is 29.5 Å². The summed E-state index contributed by atoms with van der Waals surface area (Å²) in [4.78, 5) is 34.8. The molecule has 3 atom stereocenters. The first-order valence-corrected chi connectivity index (χ1v) is 12.5. The molecule has 3 N–H and O–H groups in total. The van der Waals surface area contributed by atoms with E-state index in [1.165, 1.54) is 19.3 Å². The minimum atomic E-state index is -0.517. The number of nitrogens with one attached hydrogen (secondary N) is 3. The van der Waals surface area contributed by atoms with Gasteiger partial charge in [0.05, 0.1) is 41.3 Å². The zero-order valence-corrected chi connectivity index (χ0v) is 20.8. The third-order valence-electron chi connectivity index (χ3n) is 7.45. The van der Waals surface area contributed by atoms with E-state index in [4.69, 9.17) is 4.74 Å². The van der Waals surface area contributed by atoms with Crippen LogP contribution in [0.25, 0.3) is 11.3 Å². The highest BCUT2D eigenvalue weighted by atomic mass is 19.1. The summed E-state index contributed by atoms with van der Waals surface area (Å²) in [6, 6.07) is 6.24. The molecule has 2 amide bonds. The number of ether oxygens (including phenoxy) is 1. The molecule has 1 aliphatic carbocycles. The maximum absolute atomic E-state index is 14.5. The molecule has 1 saturated carbocycles. The Morgan fingerprint density at radius 3 is 3.05 bits per heavy atom. The number of carbonyl (C=O) groups is 2. The van der Waals surface area contributed by atoms with Crippen molar-refractivity contribution in [3.63, 3.8) is 0 Å². The molecule has 3 aromatic rings. The summed E-state index contributed by atoms with van der Waals surface area (Å²) >= 11 is 0. The van der Waals surface area contributed by atoms with Gasteiger partial charge in [0.1, 0.15) is 0 Å². The molecule has 4 heterocycles. The van der Waals surface area contributed by atoms with Gasteiger partial charge in [-0.05, 0) is 42.5 Å². The number of benzene rings is 1. The number of methoxy groups -OCH3 is 1. The van der Waals surface area contributed by atoms with Crippen molar-refractivity contribution in [1.29, 1.82) is 0 Å². The number of carbonyl (C=O) groups excluding carboxylic acids is 2. The fourth-order valence-corrected chi connectivity index (χ4v) is 5.51. The summed E-state index contributed by atoms with van der Waals surface area (Å²) in [5.41, 5.74) is 4.15. The number of halogens is 1. The lowest BCUT2D eigenvalue weighted by Crippen LogP contribution is -2.36. The van der Waals surface area contributed by atoms with E-state index < -0.39 is 5.82 Å². The number of hydrogen-bond acceptors (Lipinski definition) is 5. The van der Waals surface area contributed by atoms with E-state index in [2.05, 4.69) is 39.0 Å². The third-order valence-corrected chi connectivity index (χ3v) is 7.45. The number of amides is 2. The van der Waals surface area contributed by atoms with E-state index >= 15 is 0 Å². The van der Waals surface area contributed by atoms with Gasteiger partial charge >= 0.3 is 0 Å². The number of rotatable bonds is 5. The Morgan fingerprint density at radius 1 is 1.37 bits per heavy atom. The third kappa shape index (κ3) is 3.98. The second-order valence-corrected chi connectivity index (χ2v) is 9.67. The van der Waals surface area contributed by atoms with E-state index in [-0.39, 0.29) is 23.6 Å². The topological polar surface area (TPSA) is 99.3 Å². The van der Waals surface area contributed by atoms with E-state index in [0.717, 1.165) is 17.7 Å². The maximum Gasteiger partial charge on any atom is 0.255 e. The van der Waals surface area contributed by atoms with E-state index in [0.29, 0.717) is 59.5 Å². The van der Waals surface area contributed by atoms with Gasteiger partial charge in [-0.3, -0.25) is 14.6 Å². The maximum atomic E-state index is 14.5. The lowest BCUT2D eigenvalue weighted by Gasteiger charge is -2.22. The minimum absolute atomic E-state index is 0.0477. The zero-order chi connectivity index (χ0) is 26.4. The van der Waals surface area contributed by atoms with Crippen LogP contribution in [-0.2, 0) is 11.2 Å². The van der Waals surface area contributed by atoms with Gasteiger partial charge in [-0.2, -0.15) is 0 Å². The van der Waals surface area contributed by atoms with Crippen molar-refractivity contribution in [3.8, 4) is 28.8 Å². The summed E-state index contributed by atoms with van der Waals surface area (Å²) < 4.78 is 19.8. The Labute approximate surface area is 219 Å². The first-order chi connectivity index (χ1) is 18.5. The molecule has 1 aromatic carbocycles. The molecule has 2 fully saturated rings. The average Bonchev–Trinajstić information content (AvgIpc) is 3.46. The average molecular weight is 512 g/mol. The van der Waals surface area contributed by atoms with Crippen LogP contribution in [0.5, 0.6) is 5.75 Å². The van der Waals surface area contributed by atoms with Crippen LogP contribution in [0.4, 0.5) is 15.8 Å². The molecule has 0 unspecified atom stereocenters. The van der Waals surface area contributed by atoms with Crippen LogP contribution >= 0.6 is 0 Å². The van der Waals surface area contributed by atoms with E-state index in [9.17, 15) is 14.0 Å². The molecule has 3 aliphatic rings. The van der Waals surface area contributed by atoms with Gasteiger partial charge in [0.25, 0.3) is 5.91 Å². The van der Waals surface area contributed by atoms with Crippen LogP contribution in [0.3, 0.4) is 0 Å². The number of nitrogens with zero attached hydrogens (tertiary/aromatic N) is 2. The molecule has 1 saturated heterocycles. The number of para-hydroxylation sites is 1. The first kappa shape index (κ1) is 23.8. The van der Waals surface area contributed by atoms with Crippen LogP contribution in [-0.4, -0.2) is 52.9 Å². The van der Waals surface area contributed by atoms with Crippen LogP contribution in [0.15, 0.2) is 49.3 Å². The summed E-state index contributed by atoms with van der Waals surface area (Å²) in [7, 11) is 1.40. The van der Waals surface area contributed by atoms with Gasteiger partial charge in [-0.15, -0.1) is 0 Å². The Kier molecular flexibility index (Phi) is 5.87. The van der Waals surface area contributed by atoms with Crippen molar-refractivity contribution < 1.29 is 18.7 Å². The molecule has 2 aliphatic heterocycles. The standard InChI is InChI=1S/C29H26FN5O3/c1-3-24(36)35-15-17-13-19(17)23(35)8-7-16-14-31-11-9-18(16)26-27(25-21(33-26)10-12-32-29(25)37)34-22-6-4-5-20(30)28(22)38-2/h3-6,9,11,14,17,19,23,33-34H,1,10,12-13,15H2,2H3,(H,32,37)/t17-,19-,23-/m0/s1. The van der Waals surface area contributed by atoms with Gasteiger partial charge in [0.15, 0.2) is 11.6 Å². The quantitative estimate of drug-likeness (QED) is 0.359. The number of aromatic nitrogens is 2. The molecule has 8 nitrogen and oxygen atoms in total. The Hall–Kier alpha value is -4.58. The predicted molar refractivity (Wildman–Crippen MR) is 140 cm³/mol. The highest BCUT2D eigenvalue weighted by molar-refractivity contribution is 6.06. The highest BCUT2D eigenvalue weighted by Gasteiger charge is 2.53. The molecular weight excluding hydrogens is 485 g/mol. The number of aromatic amines is 1. The van der Waals surface area contributed by atoms with Gasteiger partial charge < -0.3 is 25.3 Å². The molecule has 2 aromatic heterocycles. The lowest BCUT2D eigenvalue weighted by atomic mass is 10.0. The molecular formula is C29H26FN5O3. The number of likely N-dealkylation sites (tertiary alicyclic amines) is 1. The van der Waals surface area contributed by atoms with Crippen LogP contribution in [0.2, 0.25) is 0 Å². The predicted octanol–water partition coefficient (Wildman–Crippen LogP) is 3.64. The Morgan fingerprint density at radius 2 is 2.24 bits per heavy atom. The van der Waals surface area contributed by atoms with Crippen LogP contribution < -0.4 is 15.4 Å². The molecule has 0 spiro atoms. The molecule has 192 valence electrons. The number of hydrogen-bond donors (Lipinski definition) is 3. The fourth-order valence-electron chi connectivity index (χ4n) is 5.51. The van der Waals surface area contributed by atoms with Crippen molar-refractivity contribution in [2.45, 2.75) is 18.9 Å². The van der Waals surface area contributed by atoms with Gasteiger partial charge in [0.2, 0.25) is 5.91 Å². The van der Waals surface area contributed by atoms with Crippen molar-refractivity contribution in [2.75, 3.05) is 25.5 Å². The molecule has 0 radical (unpaired) electrons. The van der Waals surface area contributed by atoms with Gasteiger partial charge in [-0.1, -0.05) is 24.5 Å². The Bertz CT molecular complexity index is 1530. The van der Waals surface area contributed by atoms with E-state index in [1.54, 1.807) is 29.4 Å². The normalized spacial score (nSPS) is 20.9. The number of pyridine rings is 1. The summed E-state index contributed by atoms with van der Waals surface area (Å²) in [6.45, 7) is 4.84. The largest absolute Gasteiger partial charge is 0.492 e. The number of piperidine rings is 1. The lowest BCUT2D eigenvalue weighted by molar-refractivity contribution is -0.126. The van der Waals surface area contributed by atoms with Crippen molar-refractivity contribution in [3.05, 3.63) is 72.0 Å². The van der Waals surface area contributed by atoms with E-state index in [1.807, 2.05) is 6.07 Å². The number of fused-ring (bicyclic) bond motifs is 2. The highest BCUT2D eigenvalue weighted by Crippen LogP contribution is 2.49. The molecule has 6 rings (SSSR count). The molecule has 9 heteroatoms. The molecule has 0 bridgehead atoms. The van der Waals surface area contributed by atoms with Gasteiger partial charge in [-0.25, -0.2) is 4.39 Å². The SMILES string of the molecule is C=CC(=O)N1C[C@@H]2C[C@@H]2[C@@H]1C#Cc1cnccc1-c1[nH]c2c(c1Nc1cccc(F)c1OC)C(=O)NCC2. The minimum Gasteiger partial charge on any atom is -0.492 e. The number of H-pyrrole nitrogens is 1. The van der Waals surface area contributed by atoms with Crippen molar-refractivity contribution in [1.82, 2.24) is 20.2 Å². The summed E-state index contributed by atoms with van der Waals surface area (Å²) in [5.74, 6) is 6.65. The smallest absolute Gasteiger partial charge is 0.255 e. The second kappa shape index (κ2) is 9.38. The first-order valence-electron chi connectivity index (χ1n) is 12.5. The zero-order valence-electron chi connectivity index (χ0n) is 20.8. The van der Waals surface area contributed by atoms with Crippen molar-refractivity contribution >= 4 is 23.2 Å². The molecule has 38 heavy (non-hydrogen) atoms. The Balaban J connectivity index is 1.44. The monoisotopic (exact) mass is 511 g/mol.